The molecule has 1 aromatic carbocycles. The fourth-order valence-corrected chi connectivity index (χ4v) is 4.25. The third-order valence-corrected chi connectivity index (χ3v) is 6.38. The predicted molar refractivity (Wildman–Crippen MR) is 104 cm³/mol. The highest BCUT2D eigenvalue weighted by Crippen LogP contribution is 2.30. The van der Waals surface area contributed by atoms with E-state index in [2.05, 4.69) is 35.9 Å². The number of fused-ring (bicyclic) bond motifs is 1. The predicted octanol–water partition coefficient (Wildman–Crippen LogP) is 0.783. The molecule has 3 amide bonds. The van der Waals surface area contributed by atoms with Gasteiger partial charge in [0.25, 0.3) is 5.91 Å². The third-order valence-electron chi connectivity index (χ3n) is 6.38. The standard InChI is InChI=1S/C21H28N4O3/c1-21(2,15-9-22-10-15)12-23-8-13-3-4-16-14(7-13)11-25(20(16)28)17-5-6-18(26)24-19(17)27/h3-4,7,15,17,22-23H,5-6,8-12H2,1-2H3,(H,24,26,27). The lowest BCUT2D eigenvalue weighted by atomic mass is 9.75. The van der Waals surface area contributed by atoms with Crippen LogP contribution in [0.15, 0.2) is 18.2 Å². The molecule has 0 bridgehead atoms. The number of hydrogen-bond acceptors (Lipinski definition) is 5. The maximum Gasteiger partial charge on any atom is 0.255 e. The van der Waals surface area contributed by atoms with Gasteiger partial charge in [-0.25, -0.2) is 0 Å². The van der Waals surface area contributed by atoms with Gasteiger partial charge in [0.2, 0.25) is 11.8 Å². The van der Waals surface area contributed by atoms with E-state index in [9.17, 15) is 14.4 Å². The molecule has 4 rings (SSSR count). The van der Waals surface area contributed by atoms with Gasteiger partial charge >= 0.3 is 0 Å². The van der Waals surface area contributed by atoms with Gasteiger partial charge in [-0.2, -0.15) is 0 Å². The first-order chi connectivity index (χ1) is 13.3. The van der Waals surface area contributed by atoms with E-state index in [0.717, 1.165) is 37.3 Å². The minimum Gasteiger partial charge on any atom is -0.322 e. The number of nitrogens with zero attached hydrogens (tertiary/aromatic N) is 1. The molecule has 1 atom stereocenters. The van der Waals surface area contributed by atoms with Gasteiger partial charge in [-0.1, -0.05) is 26.0 Å². The van der Waals surface area contributed by atoms with Crippen molar-refractivity contribution in [3.8, 4) is 0 Å². The Balaban J connectivity index is 1.38. The maximum atomic E-state index is 12.7. The summed E-state index contributed by atoms with van der Waals surface area (Å²) in [6.07, 6.45) is 0.669. The summed E-state index contributed by atoms with van der Waals surface area (Å²) in [6.45, 7) is 8.89. The van der Waals surface area contributed by atoms with Crippen molar-refractivity contribution in [2.24, 2.45) is 11.3 Å². The van der Waals surface area contributed by atoms with Crippen molar-refractivity contribution in [3.63, 3.8) is 0 Å². The van der Waals surface area contributed by atoms with Crippen LogP contribution < -0.4 is 16.0 Å². The van der Waals surface area contributed by atoms with E-state index < -0.39 is 6.04 Å². The topological polar surface area (TPSA) is 90.5 Å². The zero-order chi connectivity index (χ0) is 19.9. The molecule has 150 valence electrons. The molecule has 0 aromatic heterocycles. The molecule has 0 aliphatic carbocycles. The summed E-state index contributed by atoms with van der Waals surface area (Å²) in [6, 6.07) is 5.34. The fraction of sp³-hybridized carbons (Fsp3) is 0.571. The van der Waals surface area contributed by atoms with Crippen molar-refractivity contribution in [3.05, 3.63) is 34.9 Å². The highest BCUT2D eigenvalue weighted by atomic mass is 16.2. The summed E-state index contributed by atoms with van der Waals surface area (Å²) < 4.78 is 0. The SMILES string of the molecule is CC(C)(CNCc1ccc2c(c1)CN(C1CCC(=O)NC1=O)C2=O)C1CNC1. The summed E-state index contributed by atoms with van der Waals surface area (Å²) in [5.74, 6) is -0.0475. The first kappa shape index (κ1) is 19.1. The number of imide groups is 1. The molecule has 7 nitrogen and oxygen atoms in total. The van der Waals surface area contributed by atoms with E-state index in [1.54, 1.807) is 4.90 Å². The molecule has 0 saturated carbocycles. The minimum atomic E-state index is -0.559. The highest BCUT2D eigenvalue weighted by Gasteiger charge is 2.39. The Labute approximate surface area is 165 Å². The first-order valence-corrected chi connectivity index (χ1v) is 10.0. The summed E-state index contributed by atoms with van der Waals surface area (Å²) >= 11 is 0. The lowest BCUT2D eigenvalue weighted by Gasteiger charge is -2.41. The average molecular weight is 384 g/mol. The number of nitrogens with one attached hydrogen (secondary N) is 3. The molecule has 2 fully saturated rings. The molecule has 3 N–H and O–H groups in total. The molecule has 3 heterocycles. The van der Waals surface area contributed by atoms with Crippen molar-refractivity contribution < 1.29 is 14.4 Å². The molecule has 1 unspecified atom stereocenters. The second kappa shape index (κ2) is 7.29. The fourth-order valence-electron chi connectivity index (χ4n) is 4.25. The molecule has 28 heavy (non-hydrogen) atoms. The van der Waals surface area contributed by atoms with Crippen molar-refractivity contribution in [1.29, 1.82) is 0 Å². The Hall–Kier alpha value is -2.25. The van der Waals surface area contributed by atoms with E-state index in [1.165, 1.54) is 0 Å². The van der Waals surface area contributed by atoms with Crippen molar-refractivity contribution >= 4 is 17.7 Å². The van der Waals surface area contributed by atoms with Gasteiger partial charge in [-0.15, -0.1) is 0 Å². The van der Waals surface area contributed by atoms with Gasteiger partial charge in [-0.05, 0) is 48.0 Å². The number of hydrogen-bond donors (Lipinski definition) is 3. The summed E-state index contributed by atoms with van der Waals surface area (Å²) in [4.78, 5) is 37.8. The van der Waals surface area contributed by atoms with E-state index >= 15 is 0 Å². The van der Waals surface area contributed by atoms with Crippen LogP contribution in [0.2, 0.25) is 0 Å². The number of carbonyl (C=O) groups is 3. The van der Waals surface area contributed by atoms with Gasteiger partial charge in [-0.3, -0.25) is 19.7 Å². The summed E-state index contributed by atoms with van der Waals surface area (Å²) in [5.41, 5.74) is 3.01. The Morgan fingerprint density at radius 3 is 2.68 bits per heavy atom. The third kappa shape index (κ3) is 3.56. The van der Waals surface area contributed by atoms with Crippen LogP contribution in [0.1, 0.15) is 48.2 Å². The van der Waals surface area contributed by atoms with Crippen molar-refractivity contribution in [1.82, 2.24) is 20.9 Å². The molecule has 1 aromatic rings. The monoisotopic (exact) mass is 384 g/mol. The Morgan fingerprint density at radius 2 is 2.00 bits per heavy atom. The van der Waals surface area contributed by atoms with E-state index in [0.29, 0.717) is 24.4 Å². The lowest BCUT2D eigenvalue weighted by molar-refractivity contribution is -0.136. The van der Waals surface area contributed by atoms with Crippen molar-refractivity contribution in [2.75, 3.05) is 19.6 Å². The van der Waals surface area contributed by atoms with Crippen LogP contribution in [-0.4, -0.2) is 48.3 Å². The summed E-state index contributed by atoms with van der Waals surface area (Å²) in [7, 11) is 0. The van der Waals surface area contributed by atoms with Crippen LogP contribution in [-0.2, 0) is 22.7 Å². The van der Waals surface area contributed by atoms with E-state index in [-0.39, 0.29) is 29.6 Å². The van der Waals surface area contributed by atoms with E-state index in [1.807, 2.05) is 12.1 Å². The van der Waals surface area contributed by atoms with Crippen LogP contribution >= 0.6 is 0 Å². The van der Waals surface area contributed by atoms with Gasteiger partial charge < -0.3 is 15.5 Å². The van der Waals surface area contributed by atoms with Gasteiger partial charge in [0.15, 0.2) is 0 Å². The number of piperidine rings is 1. The molecule has 2 saturated heterocycles. The van der Waals surface area contributed by atoms with Crippen LogP contribution in [0.3, 0.4) is 0 Å². The molecule has 3 aliphatic heterocycles. The Morgan fingerprint density at radius 1 is 1.21 bits per heavy atom. The lowest BCUT2D eigenvalue weighted by Crippen LogP contribution is -2.52. The Bertz CT molecular complexity index is 816. The number of amides is 3. The Kier molecular flexibility index (Phi) is 4.97. The second-order valence-corrected chi connectivity index (χ2v) is 8.84. The normalized spacial score (nSPS) is 22.9. The van der Waals surface area contributed by atoms with Crippen LogP contribution in [0.4, 0.5) is 0 Å². The van der Waals surface area contributed by atoms with Crippen LogP contribution in [0.5, 0.6) is 0 Å². The maximum absolute atomic E-state index is 12.7. The smallest absolute Gasteiger partial charge is 0.255 e. The quantitative estimate of drug-likeness (QED) is 0.631. The molecule has 7 heteroatoms. The second-order valence-electron chi connectivity index (χ2n) is 8.84. The summed E-state index contributed by atoms with van der Waals surface area (Å²) in [5, 5.41) is 9.22. The largest absolute Gasteiger partial charge is 0.322 e. The van der Waals surface area contributed by atoms with Gasteiger partial charge in [0.1, 0.15) is 6.04 Å². The van der Waals surface area contributed by atoms with Crippen LogP contribution in [0.25, 0.3) is 0 Å². The van der Waals surface area contributed by atoms with Crippen molar-refractivity contribution in [2.45, 2.75) is 45.8 Å². The van der Waals surface area contributed by atoms with Gasteiger partial charge in [0, 0.05) is 31.6 Å². The zero-order valence-corrected chi connectivity index (χ0v) is 16.5. The number of benzene rings is 1. The number of carbonyl (C=O) groups excluding carboxylic acids is 3. The molecule has 0 spiro atoms. The molecule has 3 aliphatic rings. The van der Waals surface area contributed by atoms with E-state index in [4.69, 9.17) is 0 Å². The molecular weight excluding hydrogens is 356 g/mol. The average Bonchev–Trinajstić information content (AvgIpc) is 2.89. The molecular formula is C21H28N4O3. The zero-order valence-electron chi connectivity index (χ0n) is 16.5. The minimum absolute atomic E-state index is 0.123. The first-order valence-electron chi connectivity index (χ1n) is 10.0. The highest BCUT2D eigenvalue weighted by molar-refractivity contribution is 6.05. The molecule has 0 radical (unpaired) electrons. The van der Waals surface area contributed by atoms with Gasteiger partial charge in [0.05, 0.1) is 0 Å². The van der Waals surface area contributed by atoms with Crippen LogP contribution in [0, 0.1) is 11.3 Å². The number of rotatable bonds is 6.